The monoisotopic (exact) mass is 279 g/mol. The zero-order chi connectivity index (χ0) is 13.9. The van der Waals surface area contributed by atoms with Crippen molar-refractivity contribution in [2.24, 2.45) is 10.4 Å². The Kier molecular flexibility index (Phi) is 4.35. The highest BCUT2D eigenvalue weighted by Crippen LogP contribution is 2.28. The van der Waals surface area contributed by atoms with E-state index < -0.39 is 0 Å². The SMILES string of the molecule is CN=C(NCc1cccc(Cl)c1)N1CCC(C)(C)C1. The van der Waals surface area contributed by atoms with Crippen molar-refractivity contribution >= 4 is 17.6 Å². The summed E-state index contributed by atoms with van der Waals surface area (Å²) in [5, 5.41) is 4.18. The number of hydrogen-bond acceptors (Lipinski definition) is 1. The third-order valence-electron chi connectivity index (χ3n) is 3.53. The molecule has 1 N–H and O–H groups in total. The molecule has 0 radical (unpaired) electrons. The minimum absolute atomic E-state index is 0.383. The largest absolute Gasteiger partial charge is 0.352 e. The lowest BCUT2D eigenvalue weighted by molar-refractivity contribution is 0.370. The van der Waals surface area contributed by atoms with Crippen molar-refractivity contribution in [1.82, 2.24) is 10.2 Å². The second-order valence-electron chi connectivity index (χ2n) is 5.87. The molecule has 3 nitrogen and oxygen atoms in total. The maximum atomic E-state index is 5.99. The average molecular weight is 280 g/mol. The molecule has 0 aromatic heterocycles. The molecule has 0 atom stereocenters. The first-order valence-electron chi connectivity index (χ1n) is 6.70. The minimum atomic E-state index is 0.383. The van der Waals surface area contributed by atoms with E-state index in [0.717, 1.165) is 30.6 Å². The Morgan fingerprint density at radius 1 is 1.47 bits per heavy atom. The molecule has 1 aliphatic rings. The summed E-state index contributed by atoms with van der Waals surface area (Å²) in [4.78, 5) is 6.70. The normalized spacial score (nSPS) is 18.7. The molecule has 0 amide bonds. The molecule has 1 heterocycles. The van der Waals surface area contributed by atoms with Gasteiger partial charge in [-0.3, -0.25) is 4.99 Å². The molecular weight excluding hydrogens is 258 g/mol. The first-order valence-corrected chi connectivity index (χ1v) is 7.08. The molecule has 0 bridgehead atoms. The van der Waals surface area contributed by atoms with Crippen molar-refractivity contribution in [1.29, 1.82) is 0 Å². The van der Waals surface area contributed by atoms with Crippen LogP contribution in [0.25, 0.3) is 0 Å². The average Bonchev–Trinajstić information content (AvgIpc) is 2.71. The molecule has 1 aromatic carbocycles. The smallest absolute Gasteiger partial charge is 0.193 e. The lowest BCUT2D eigenvalue weighted by Gasteiger charge is -2.23. The fraction of sp³-hybridized carbons (Fsp3) is 0.533. The van der Waals surface area contributed by atoms with Gasteiger partial charge in [0.25, 0.3) is 0 Å². The van der Waals surface area contributed by atoms with Gasteiger partial charge in [-0.15, -0.1) is 0 Å². The van der Waals surface area contributed by atoms with Crippen molar-refractivity contribution < 1.29 is 0 Å². The van der Waals surface area contributed by atoms with Crippen LogP contribution in [0.15, 0.2) is 29.3 Å². The zero-order valence-corrected chi connectivity index (χ0v) is 12.7. The molecule has 0 aliphatic carbocycles. The third-order valence-corrected chi connectivity index (χ3v) is 3.76. The number of nitrogens with one attached hydrogen (secondary N) is 1. The molecule has 1 saturated heterocycles. The topological polar surface area (TPSA) is 27.6 Å². The van der Waals surface area contributed by atoms with Gasteiger partial charge in [0.1, 0.15) is 0 Å². The number of likely N-dealkylation sites (tertiary alicyclic amines) is 1. The standard InChI is InChI=1S/C15H22ClN3/c1-15(2)7-8-19(11-15)14(17-3)18-10-12-5-4-6-13(16)9-12/h4-6,9H,7-8,10-11H2,1-3H3,(H,17,18). The highest BCUT2D eigenvalue weighted by molar-refractivity contribution is 6.30. The summed E-state index contributed by atoms with van der Waals surface area (Å²) in [7, 11) is 1.84. The highest BCUT2D eigenvalue weighted by atomic mass is 35.5. The summed E-state index contributed by atoms with van der Waals surface area (Å²) >= 11 is 5.99. The maximum absolute atomic E-state index is 5.99. The van der Waals surface area contributed by atoms with Crippen LogP contribution in [0.4, 0.5) is 0 Å². The van der Waals surface area contributed by atoms with E-state index in [1.54, 1.807) is 0 Å². The van der Waals surface area contributed by atoms with Crippen LogP contribution in [-0.4, -0.2) is 31.0 Å². The van der Waals surface area contributed by atoms with E-state index in [9.17, 15) is 0 Å². The predicted octanol–water partition coefficient (Wildman–Crippen LogP) is 3.15. The Balaban J connectivity index is 1.94. The number of halogens is 1. The first kappa shape index (κ1) is 14.2. The van der Waals surface area contributed by atoms with Crippen molar-refractivity contribution in [2.75, 3.05) is 20.1 Å². The minimum Gasteiger partial charge on any atom is -0.352 e. The van der Waals surface area contributed by atoms with Gasteiger partial charge in [0, 0.05) is 31.7 Å². The molecule has 4 heteroatoms. The predicted molar refractivity (Wildman–Crippen MR) is 81.6 cm³/mol. The van der Waals surface area contributed by atoms with Crippen LogP contribution in [0.1, 0.15) is 25.8 Å². The molecule has 2 rings (SSSR count). The fourth-order valence-corrected chi connectivity index (χ4v) is 2.67. The van der Waals surface area contributed by atoms with Gasteiger partial charge in [0.05, 0.1) is 0 Å². The van der Waals surface area contributed by atoms with E-state index in [-0.39, 0.29) is 0 Å². The molecule has 0 saturated carbocycles. The van der Waals surface area contributed by atoms with E-state index >= 15 is 0 Å². The number of aliphatic imine (C=N–C) groups is 1. The molecule has 104 valence electrons. The van der Waals surface area contributed by atoms with E-state index in [2.05, 4.69) is 35.1 Å². The number of hydrogen-bond donors (Lipinski definition) is 1. The van der Waals surface area contributed by atoms with Crippen molar-refractivity contribution in [3.63, 3.8) is 0 Å². The van der Waals surface area contributed by atoms with Crippen molar-refractivity contribution in [3.05, 3.63) is 34.9 Å². The Bertz CT molecular complexity index is 468. The van der Waals surface area contributed by atoms with E-state index in [1.165, 1.54) is 12.0 Å². The molecule has 0 spiro atoms. The van der Waals surface area contributed by atoms with E-state index in [0.29, 0.717) is 5.41 Å². The number of guanidine groups is 1. The Labute approximate surface area is 120 Å². The van der Waals surface area contributed by atoms with Gasteiger partial charge in [0.2, 0.25) is 0 Å². The Morgan fingerprint density at radius 2 is 2.26 bits per heavy atom. The van der Waals surface area contributed by atoms with Crippen molar-refractivity contribution in [2.45, 2.75) is 26.8 Å². The summed E-state index contributed by atoms with van der Waals surface area (Å²) in [6.07, 6.45) is 1.21. The van der Waals surface area contributed by atoms with Gasteiger partial charge in [0.15, 0.2) is 5.96 Å². The molecule has 0 unspecified atom stereocenters. The van der Waals surface area contributed by atoms with Crippen LogP contribution in [-0.2, 0) is 6.54 Å². The van der Waals surface area contributed by atoms with Gasteiger partial charge in [-0.05, 0) is 29.5 Å². The lowest BCUT2D eigenvalue weighted by atomic mass is 9.93. The summed E-state index contributed by atoms with van der Waals surface area (Å²) in [5.74, 6) is 0.977. The van der Waals surface area contributed by atoms with E-state index in [4.69, 9.17) is 11.6 Å². The van der Waals surface area contributed by atoms with Crippen LogP contribution >= 0.6 is 11.6 Å². The maximum Gasteiger partial charge on any atom is 0.193 e. The van der Waals surface area contributed by atoms with Gasteiger partial charge >= 0.3 is 0 Å². The highest BCUT2D eigenvalue weighted by Gasteiger charge is 2.30. The number of nitrogens with zero attached hydrogens (tertiary/aromatic N) is 2. The zero-order valence-electron chi connectivity index (χ0n) is 11.9. The molecule has 19 heavy (non-hydrogen) atoms. The van der Waals surface area contributed by atoms with Crippen LogP contribution in [0, 0.1) is 5.41 Å². The third kappa shape index (κ3) is 3.87. The van der Waals surface area contributed by atoms with Crippen LogP contribution in [0.5, 0.6) is 0 Å². The molecular formula is C15H22ClN3. The van der Waals surface area contributed by atoms with Crippen LogP contribution in [0.3, 0.4) is 0 Å². The number of benzene rings is 1. The van der Waals surface area contributed by atoms with Gasteiger partial charge < -0.3 is 10.2 Å². The number of rotatable bonds is 2. The summed E-state index contributed by atoms with van der Waals surface area (Å²) in [6, 6.07) is 7.92. The van der Waals surface area contributed by atoms with Gasteiger partial charge in [-0.1, -0.05) is 37.6 Å². The van der Waals surface area contributed by atoms with Gasteiger partial charge in [-0.2, -0.15) is 0 Å². The summed E-state index contributed by atoms with van der Waals surface area (Å²) in [6.45, 7) is 7.49. The summed E-state index contributed by atoms with van der Waals surface area (Å²) < 4.78 is 0. The van der Waals surface area contributed by atoms with Gasteiger partial charge in [-0.25, -0.2) is 0 Å². The first-order chi connectivity index (χ1) is 9.00. The summed E-state index contributed by atoms with van der Waals surface area (Å²) in [5.41, 5.74) is 1.56. The molecule has 1 aliphatic heterocycles. The lowest BCUT2D eigenvalue weighted by Crippen LogP contribution is -2.40. The second-order valence-corrected chi connectivity index (χ2v) is 6.30. The second kappa shape index (κ2) is 5.83. The van der Waals surface area contributed by atoms with Crippen LogP contribution in [0.2, 0.25) is 5.02 Å². The van der Waals surface area contributed by atoms with E-state index in [1.807, 2.05) is 25.2 Å². The quantitative estimate of drug-likeness (QED) is 0.665. The van der Waals surface area contributed by atoms with Crippen LogP contribution < -0.4 is 5.32 Å². The van der Waals surface area contributed by atoms with Crippen molar-refractivity contribution in [3.8, 4) is 0 Å². The Morgan fingerprint density at radius 3 is 2.84 bits per heavy atom. The Hall–Kier alpha value is -1.22. The molecule has 1 aromatic rings. The molecule has 1 fully saturated rings. The fourth-order valence-electron chi connectivity index (χ4n) is 2.45.